The number of fused-ring (bicyclic) bond motifs is 6. The Labute approximate surface area is 172 Å². The van der Waals surface area contributed by atoms with Crippen molar-refractivity contribution < 1.29 is 4.79 Å². The van der Waals surface area contributed by atoms with E-state index in [1.807, 2.05) is 0 Å². The Morgan fingerprint density at radius 2 is 1.38 bits per heavy atom. The molecule has 4 N–H and O–H groups in total. The largest absolute Gasteiger partial charge is 0.339 e. The number of aromatic nitrogens is 4. The fourth-order valence-corrected chi connectivity index (χ4v) is 4.72. The summed E-state index contributed by atoms with van der Waals surface area (Å²) in [7, 11) is 0. The van der Waals surface area contributed by atoms with E-state index in [-0.39, 0.29) is 22.8 Å². The maximum absolute atomic E-state index is 13.5. The highest BCUT2D eigenvalue weighted by atomic mass is 32.2. The molecule has 0 saturated heterocycles. The molecule has 29 heavy (non-hydrogen) atoms. The first-order chi connectivity index (χ1) is 14.0. The number of aromatic amines is 2. The summed E-state index contributed by atoms with van der Waals surface area (Å²) >= 11 is 2.52. The molecule has 1 unspecified atom stereocenters. The van der Waals surface area contributed by atoms with E-state index in [1.165, 1.54) is 23.5 Å². The number of H-pyrrole nitrogens is 2. The second-order valence-corrected chi connectivity index (χ2v) is 8.06. The topological polar surface area (TPSA) is 133 Å². The van der Waals surface area contributed by atoms with Gasteiger partial charge < -0.3 is 20.6 Å². The van der Waals surface area contributed by atoms with Crippen LogP contribution < -0.4 is 21.8 Å². The third-order valence-corrected chi connectivity index (χ3v) is 6.25. The molecule has 1 spiro atoms. The monoisotopic (exact) mass is 426 g/mol. The number of hydrogen-bond acceptors (Lipinski definition) is 8. The zero-order chi connectivity index (χ0) is 20.3. The summed E-state index contributed by atoms with van der Waals surface area (Å²) in [5.41, 5.74) is -1.35. The van der Waals surface area contributed by atoms with Crippen molar-refractivity contribution in [3.05, 3.63) is 61.7 Å². The molecule has 4 heterocycles. The van der Waals surface area contributed by atoms with Crippen LogP contribution in [0.5, 0.6) is 0 Å². The van der Waals surface area contributed by atoms with Crippen LogP contribution in [0.25, 0.3) is 0 Å². The lowest BCUT2D eigenvalue weighted by molar-refractivity contribution is -0.118. The van der Waals surface area contributed by atoms with Crippen LogP contribution in [0.3, 0.4) is 0 Å². The summed E-state index contributed by atoms with van der Waals surface area (Å²) < 4.78 is 0. The fourth-order valence-electron chi connectivity index (χ4n) is 3.97. The number of nitrogens with zero attached hydrogens (tertiary/aromatic N) is 2. The van der Waals surface area contributed by atoms with Gasteiger partial charge in [-0.2, -0.15) is 0 Å². The van der Waals surface area contributed by atoms with Crippen LogP contribution >= 0.6 is 23.5 Å². The quantitative estimate of drug-likeness (QED) is 0.359. The van der Waals surface area contributed by atoms with E-state index in [4.69, 9.17) is 0 Å². The van der Waals surface area contributed by atoms with E-state index in [9.17, 15) is 14.4 Å². The molecular weight excluding hydrogens is 412 g/mol. The number of benzene rings is 1. The molecular formula is C18H14N6O3S2. The predicted octanol–water partition coefficient (Wildman–Crippen LogP) is 1.64. The molecule has 1 amide bonds. The van der Waals surface area contributed by atoms with Crippen molar-refractivity contribution in [2.45, 2.75) is 15.7 Å². The van der Waals surface area contributed by atoms with E-state index in [1.54, 1.807) is 36.8 Å². The first kappa shape index (κ1) is 18.0. The molecule has 1 atom stereocenters. The number of rotatable bonds is 2. The highest BCUT2D eigenvalue weighted by molar-refractivity contribution is 7.98. The number of hydrogen-bond donors (Lipinski definition) is 4. The van der Waals surface area contributed by atoms with Crippen molar-refractivity contribution >= 4 is 46.8 Å². The van der Waals surface area contributed by atoms with Gasteiger partial charge in [0.05, 0.1) is 11.1 Å². The number of carbonyl (C=O) groups is 1. The number of anilines is 3. The molecule has 0 fully saturated rings. The van der Waals surface area contributed by atoms with Gasteiger partial charge in [-0.25, -0.2) is 9.97 Å². The van der Waals surface area contributed by atoms with Crippen LogP contribution in [-0.4, -0.2) is 38.4 Å². The molecule has 0 bridgehead atoms. The van der Waals surface area contributed by atoms with E-state index in [0.29, 0.717) is 21.6 Å². The second-order valence-electron chi connectivity index (χ2n) is 6.47. The maximum atomic E-state index is 13.5. The van der Waals surface area contributed by atoms with Crippen LogP contribution in [0, 0.1) is 0 Å². The molecule has 11 heteroatoms. The molecule has 5 rings (SSSR count). The van der Waals surface area contributed by atoms with Gasteiger partial charge in [0.25, 0.3) is 11.1 Å². The lowest BCUT2D eigenvalue weighted by Gasteiger charge is -2.34. The number of amides is 1. The molecule has 0 radical (unpaired) electrons. The summed E-state index contributed by atoms with van der Waals surface area (Å²) in [6.07, 6.45) is 3.55. The lowest BCUT2D eigenvalue weighted by atomic mass is 9.69. The third kappa shape index (κ3) is 2.28. The van der Waals surface area contributed by atoms with Gasteiger partial charge >= 0.3 is 0 Å². The van der Waals surface area contributed by atoms with Crippen LogP contribution in [0.15, 0.2) is 44.2 Å². The van der Waals surface area contributed by atoms with Gasteiger partial charge in [0.2, 0.25) is 5.91 Å². The average Bonchev–Trinajstić information content (AvgIpc) is 3.00. The Hall–Kier alpha value is -3.05. The highest BCUT2D eigenvalue weighted by Gasteiger charge is 2.58. The average molecular weight is 426 g/mol. The Kier molecular flexibility index (Phi) is 3.87. The Morgan fingerprint density at radius 3 is 1.97 bits per heavy atom. The van der Waals surface area contributed by atoms with Gasteiger partial charge in [0.15, 0.2) is 10.3 Å². The minimum absolute atomic E-state index is 0.0782. The van der Waals surface area contributed by atoms with Crippen LogP contribution in [-0.2, 0) is 10.2 Å². The predicted molar refractivity (Wildman–Crippen MR) is 112 cm³/mol. The molecule has 146 valence electrons. The second kappa shape index (κ2) is 6.22. The molecule has 2 aliphatic heterocycles. The third-order valence-electron chi connectivity index (χ3n) is 5.09. The van der Waals surface area contributed by atoms with Crippen molar-refractivity contribution in [3.8, 4) is 0 Å². The lowest BCUT2D eigenvalue weighted by Crippen LogP contribution is -2.47. The number of nitrogens with one attached hydrogen (secondary N) is 4. The molecule has 2 aliphatic rings. The normalized spacial score (nSPS) is 18.6. The van der Waals surface area contributed by atoms with Gasteiger partial charge in [0, 0.05) is 11.3 Å². The SMILES string of the molecule is CSc1nc2c(c(=O)[nH]1)C1(C(=O)N2)c2ccccc2Nc2nc(SC)[nH]c(=O)c21. The zero-order valence-corrected chi connectivity index (χ0v) is 16.9. The van der Waals surface area contributed by atoms with Crippen LogP contribution in [0.2, 0.25) is 0 Å². The van der Waals surface area contributed by atoms with E-state index in [2.05, 4.69) is 30.6 Å². The first-order valence-corrected chi connectivity index (χ1v) is 11.0. The minimum atomic E-state index is -1.65. The van der Waals surface area contributed by atoms with Crippen molar-refractivity contribution in [2.24, 2.45) is 0 Å². The van der Waals surface area contributed by atoms with Gasteiger partial charge in [0.1, 0.15) is 17.1 Å². The number of thioether (sulfide) groups is 2. The molecule has 0 saturated carbocycles. The van der Waals surface area contributed by atoms with Crippen molar-refractivity contribution in [2.75, 3.05) is 23.1 Å². The molecule has 2 aromatic heterocycles. The maximum Gasteiger partial charge on any atom is 0.258 e. The standard InChI is InChI=1S/C18H14N6O3S2/c1-28-16-21-11-9(13(25)23-16)18(7-5-3-4-6-8(7)19-11)10-12(20-15(18)27)22-17(29-2)24-14(10)26/h3-6H,1-2H3,(H2,19,21,23,25)(H2,20,22,24,26,27). The zero-order valence-electron chi connectivity index (χ0n) is 15.2. The summed E-state index contributed by atoms with van der Waals surface area (Å²) in [4.78, 5) is 53.9. The van der Waals surface area contributed by atoms with Crippen molar-refractivity contribution in [1.29, 1.82) is 0 Å². The Bertz CT molecular complexity index is 1320. The van der Waals surface area contributed by atoms with Gasteiger partial charge in [-0.15, -0.1) is 0 Å². The number of para-hydroxylation sites is 1. The Balaban J connectivity index is 1.97. The fraction of sp³-hybridized carbons (Fsp3) is 0.167. The van der Waals surface area contributed by atoms with E-state index >= 15 is 0 Å². The highest BCUT2D eigenvalue weighted by Crippen LogP contribution is 2.51. The summed E-state index contributed by atoms with van der Waals surface area (Å²) in [5.74, 6) is -0.115. The van der Waals surface area contributed by atoms with E-state index in [0.717, 1.165) is 0 Å². The van der Waals surface area contributed by atoms with Crippen molar-refractivity contribution in [3.63, 3.8) is 0 Å². The first-order valence-electron chi connectivity index (χ1n) is 8.56. The van der Waals surface area contributed by atoms with Crippen molar-refractivity contribution in [1.82, 2.24) is 19.9 Å². The minimum Gasteiger partial charge on any atom is -0.339 e. The summed E-state index contributed by atoms with van der Waals surface area (Å²) in [6.45, 7) is 0. The molecule has 3 aromatic rings. The Morgan fingerprint density at radius 1 is 0.828 bits per heavy atom. The molecule has 0 aliphatic carbocycles. The number of carbonyl (C=O) groups excluding carboxylic acids is 1. The molecule has 1 aromatic carbocycles. The van der Waals surface area contributed by atoms with Gasteiger partial charge in [-0.3, -0.25) is 14.4 Å². The van der Waals surface area contributed by atoms with Gasteiger partial charge in [-0.1, -0.05) is 41.7 Å². The summed E-state index contributed by atoms with van der Waals surface area (Å²) in [5, 5.41) is 6.63. The van der Waals surface area contributed by atoms with Crippen LogP contribution in [0.1, 0.15) is 16.7 Å². The smallest absolute Gasteiger partial charge is 0.258 e. The van der Waals surface area contributed by atoms with E-state index < -0.39 is 22.4 Å². The van der Waals surface area contributed by atoms with Crippen LogP contribution in [0.4, 0.5) is 17.3 Å². The van der Waals surface area contributed by atoms with Gasteiger partial charge in [-0.05, 0) is 18.6 Å². The molecule has 9 nitrogen and oxygen atoms in total. The summed E-state index contributed by atoms with van der Waals surface area (Å²) in [6, 6.07) is 7.07.